The number of nitrogens with one attached hydrogen (secondary N) is 3. The number of hydrogen-bond donors (Lipinski definition) is 3. The van der Waals surface area contributed by atoms with Crippen molar-refractivity contribution in [2.24, 2.45) is 0 Å². The van der Waals surface area contributed by atoms with Crippen LogP contribution in [0.25, 0.3) is 16.8 Å². The standard InChI is InChI=1S/C21H26N8O5S/c1-14(2)27-35(32,33)17-9-16(10-22-11-17)15-3-4-18-24-20(26-29(18)13-15)25-21(31)23-12-19(30)28-5-7-34-8-6-28/h3-4,9-11,13-14,27H,5-8,12H2,1-2H3,(H2,23,25,26,31). The third-order valence-corrected chi connectivity index (χ3v) is 6.69. The number of carbonyl (C=O) groups is 2. The zero-order valence-corrected chi connectivity index (χ0v) is 20.1. The Labute approximate surface area is 201 Å². The van der Waals surface area contributed by atoms with Gasteiger partial charge in [-0.1, -0.05) is 0 Å². The molecule has 3 amide bonds. The molecular weight excluding hydrogens is 476 g/mol. The van der Waals surface area contributed by atoms with Gasteiger partial charge in [0.25, 0.3) is 5.95 Å². The van der Waals surface area contributed by atoms with Crippen molar-refractivity contribution in [1.82, 2.24) is 34.5 Å². The molecule has 0 saturated carbocycles. The van der Waals surface area contributed by atoms with E-state index >= 15 is 0 Å². The predicted molar refractivity (Wildman–Crippen MR) is 126 cm³/mol. The molecule has 0 radical (unpaired) electrons. The molecule has 13 nitrogen and oxygen atoms in total. The zero-order valence-electron chi connectivity index (χ0n) is 19.3. The highest BCUT2D eigenvalue weighted by Crippen LogP contribution is 2.22. The molecule has 1 aliphatic rings. The Hall–Kier alpha value is -3.62. The third kappa shape index (κ3) is 6.09. The van der Waals surface area contributed by atoms with E-state index in [0.717, 1.165) is 0 Å². The maximum Gasteiger partial charge on any atom is 0.322 e. The Bertz CT molecular complexity index is 1330. The highest BCUT2D eigenvalue weighted by atomic mass is 32.2. The summed E-state index contributed by atoms with van der Waals surface area (Å²) in [6.07, 6.45) is 4.48. The molecule has 3 N–H and O–H groups in total. The van der Waals surface area contributed by atoms with Gasteiger partial charge in [0.05, 0.1) is 19.8 Å². The molecule has 0 atom stereocenters. The van der Waals surface area contributed by atoms with Crippen molar-refractivity contribution in [3.8, 4) is 11.1 Å². The lowest BCUT2D eigenvalue weighted by atomic mass is 10.1. The minimum atomic E-state index is -3.70. The molecule has 3 aromatic rings. The van der Waals surface area contributed by atoms with Crippen LogP contribution in [0.3, 0.4) is 0 Å². The fourth-order valence-corrected chi connectivity index (χ4v) is 4.67. The summed E-state index contributed by atoms with van der Waals surface area (Å²) in [7, 11) is -3.70. The van der Waals surface area contributed by atoms with Crippen LogP contribution < -0.4 is 15.4 Å². The van der Waals surface area contributed by atoms with E-state index in [1.165, 1.54) is 16.8 Å². The Morgan fingerprint density at radius 1 is 1.14 bits per heavy atom. The third-order valence-electron chi connectivity index (χ3n) is 5.07. The summed E-state index contributed by atoms with van der Waals surface area (Å²) in [6.45, 7) is 5.28. The maximum atomic E-state index is 12.5. The second kappa shape index (κ2) is 10.3. The summed E-state index contributed by atoms with van der Waals surface area (Å²) in [5.41, 5.74) is 1.69. The number of pyridine rings is 2. The molecule has 1 saturated heterocycles. The number of fused-ring (bicyclic) bond motifs is 1. The number of anilines is 1. The van der Waals surface area contributed by atoms with Crippen LogP contribution in [0, 0.1) is 0 Å². The molecule has 1 aliphatic heterocycles. The highest BCUT2D eigenvalue weighted by molar-refractivity contribution is 7.89. The van der Waals surface area contributed by atoms with Gasteiger partial charge in [-0.3, -0.25) is 15.1 Å². The Kier molecular flexibility index (Phi) is 7.23. The molecule has 186 valence electrons. The quantitative estimate of drug-likeness (QED) is 0.420. The first kappa shape index (κ1) is 24.5. The average molecular weight is 503 g/mol. The van der Waals surface area contributed by atoms with E-state index in [2.05, 4.69) is 30.4 Å². The van der Waals surface area contributed by atoms with Gasteiger partial charge in [-0.2, -0.15) is 4.98 Å². The van der Waals surface area contributed by atoms with Crippen molar-refractivity contribution >= 4 is 33.6 Å². The van der Waals surface area contributed by atoms with Crippen molar-refractivity contribution < 1.29 is 22.7 Å². The van der Waals surface area contributed by atoms with Gasteiger partial charge < -0.3 is 15.0 Å². The van der Waals surface area contributed by atoms with Gasteiger partial charge in [0.1, 0.15) is 4.90 Å². The second-order valence-electron chi connectivity index (χ2n) is 8.14. The molecule has 3 aromatic heterocycles. The van der Waals surface area contributed by atoms with Crippen LogP contribution in [0.5, 0.6) is 0 Å². The van der Waals surface area contributed by atoms with E-state index < -0.39 is 16.1 Å². The number of urea groups is 1. The van der Waals surface area contributed by atoms with Gasteiger partial charge in [0.2, 0.25) is 15.9 Å². The molecule has 4 rings (SSSR count). The largest absolute Gasteiger partial charge is 0.378 e. The first-order valence-corrected chi connectivity index (χ1v) is 12.4. The van der Waals surface area contributed by atoms with Crippen molar-refractivity contribution in [3.63, 3.8) is 0 Å². The minimum absolute atomic E-state index is 0.0491. The van der Waals surface area contributed by atoms with Crippen LogP contribution in [0.4, 0.5) is 10.7 Å². The van der Waals surface area contributed by atoms with Gasteiger partial charge in [-0.25, -0.2) is 22.4 Å². The van der Waals surface area contributed by atoms with Gasteiger partial charge in [0.15, 0.2) is 5.65 Å². The Balaban J connectivity index is 1.43. The molecule has 4 heterocycles. The van der Waals surface area contributed by atoms with Gasteiger partial charge in [-0.05, 0) is 32.0 Å². The van der Waals surface area contributed by atoms with E-state index in [-0.39, 0.29) is 29.3 Å². The van der Waals surface area contributed by atoms with Crippen LogP contribution in [-0.4, -0.2) is 83.7 Å². The summed E-state index contributed by atoms with van der Waals surface area (Å²) in [4.78, 5) is 34.3. The number of sulfonamides is 1. The zero-order chi connectivity index (χ0) is 25.0. The molecule has 0 aromatic carbocycles. The first-order valence-electron chi connectivity index (χ1n) is 11.0. The van der Waals surface area contributed by atoms with E-state index in [9.17, 15) is 18.0 Å². The Morgan fingerprint density at radius 3 is 2.66 bits per heavy atom. The lowest BCUT2D eigenvalue weighted by Crippen LogP contribution is -2.46. The highest BCUT2D eigenvalue weighted by Gasteiger charge is 2.19. The summed E-state index contributed by atoms with van der Waals surface area (Å²) in [5.74, 6) is -0.147. The number of rotatable bonds is 7. The smallest absolute Gasteiger partial charge is 0.322 e. The van der Waals surface area contributed by atoms with E-state index in [4.69, 9.17) is 4.74 Å². The van der Waals surface area contributed by atoms with Crippen LogP contribution >= 0.6 is 0 Å². The fourth-order valence-electron chi connectivity index (χ4n) is 3.43. The van der Waals surface area contributed by atoms with Crippen LogP contribution in [-0.2, 0) is 19.6 Å². The monoisotopic (exact) mass is 502 g/mol. The molecule has 35 heavy (non-hydrogen) atoms. The van der Waals surface area contributed by atoms with Crippen LogP contribution in [0.1, 0.15) is 13.8 Å². The summed E-state index contributed by atoms with van der Waals surface area (Å²) in [5, 5.41) is 9.25. The first-order chi connectivity index (χ1) is 16.7. The Morgan fingerprint density at radius 2 is 1.91 bits per heavy atom. The minimum Gasteiger partial charge on any atom is -0.378 e. The topological polar surface area (TPSA) is 160 Å². The van der Waals surface area contributed by atoms with Crippen molar-refractivity contribution in [2.75, 3.05) is 38.2 Å². The molecule has 1 fully saturated rings. The number of amides is 3. The lowest BCUT2D eigenvalue weighted by Gasteiger charge is -2.26. The van der Waals surface area contributed by atoms with Crippen LogP contribution in [0.15, 0.2) is 41.7 Å². The molecule has 0 bridgehead atoms. The SMILES string of the molecule is CC(C)NS(=O)(=O)c1cncc(-c2ccc3nc(NC(=O)NCC(=O)N4CCOCC4)nn3c2)c1. The van der Waals surface area contributed by atoms with Crippen molar-refractivity contribution in [3.05, 3.63) is 36.8 Å². The average Bonchev–Trinajstić information content (AvgIpc) is 3.23. The summed E-state index contributed by atoms with van der Waals surface area (Å²) in [6, 6.07) is 4.09. The normalized spacial score (nSPS) is 14.3. The fraction of sp³-hybridized carbons (Fsp3) is 0.381. The summed E-state index contributed by atoms with van der Waals surface area (Å²) < 4.78 is 34.1. The molecule has 0 spiro atoms. The number of aromatic nitrogens is 4. The maximum absolute atomic E-state index is 12.5. The lowest BCUT2D eigenvalue weighted by molar-refractivity contribution is -0.134. The van der Waals surface area contributed by atoms with Crippen LogP contribution in [0.2, 0.25) is 0 Å². The number of hydrogen-bond acceptors (Lipinski definition) is 8. The van der Waals surface area contributed by atoms with Crippen molar-refractivity contribution in [2.45, 2.75) is 24.8 Å². The number of carbonyl (C=O) groups excluding carboxylic acids is 2. The predicted octanol–water partition coefficient (Wildman–Crippen LogP) is 0.458. The van der Waals surface area contributed by atoms with E-state index in [0.29, 0.717) is 43.1 Å². The molecule has 14 heteroatoms. The van der Waals surface area contributed by atoms with E-state index in [1.54, 1.807) is 43.3 Å². The van der Waals surface area contributed by atoms with E-state index in [1.807, 2.05) is 0 Å². The van der Waals surface area contributed by atoms with Gasteiger partial charge >= 0.3 is 6.03 Å². The molecule has 0 unspecified atom stereocenters. The van der Waals surface area contributed by atoms with Gasteiger partial charge in [-0.15, -0.1) is 5.10 Å². The number of nitrogens with zero attached hydrogens (tertiary/aromatic N) is 5. The number of ether oxygens (including phenoxy) is 1. The van der Waals surface area contributed by atoms with Gasteiger partial charge in [0, 0.05) is 48.8 Å². The van der Waals surface area contributed by atoms with Crippen molar-refractivity contribution in [1.29, 1.82) is 0 Å². The molecule has 0 aliphatic carbocycles. The molecular formula is C21H26N8O5S. The summed E-state index contributed by atoms with van der Waals surface area (Å²) >= 11 is 0. The number of morpholine rings is 1. The second-order valence-corrected chi connectivity index (χ2v) is 9.86.